The van der Waals surface area contributed by atoms with Gasteiger partial charge in [-0.05, 0) is 81.5 Å². The summed E-state index contributed by atoms with van der Waals surface area (Å²) < 4.78 is 5.74. The average molecular weight is 329 g/mol. The van der Waals surface area contributed by atoms with Crippen molar-refractivity contribution >= 4 is 5.97 Å². The van der Waals surface area contributed by atoms with Gasteiger partial charge in [0.15, 0.2) is 0 Å². The van der Waals surface area contributed by atoms with Gasteiger partial charge in [0.25, 0.3) is 0 Å². The highest BCUT2D eigenvalue weighted by Gasteiger charge is 2.68. The molecule has 1 saturated heterocycles. The van der Waals surface area contributed by atoms with Gasteiger partial charge in [0.1, 0.15) is 6.10 Å². The Labute approximate surface area is 145 Å². The van der Waals surface area contributed by atoms with Crippen molar-refractivity contribution in [2.45, 2.75) is 77.4 Å². The molecule has 0 aromatic rings. The van der Waals surface area contributed by atoms with Crippen molar-refractivity contribution in [2.24, 2.45) is 40.2 Å². The topological polar surface area (TPSA) is 52.3 Å². The van der Waals surface area contributed by atoms with Gasteiger partial charge in [-0.3, -0.25) is 4.79 Å². The summed E-state index contributed by atoms with van der Waals surface area (Å²) in [6, 6.07) is 0.359. The highest BCUT2D eigenvalue weighted by atomic mass is 16.6. The Hall–Kier alpha value is -0.830. The van der Waals surface area contributed by atoms with Crippen LogP contribution in [0.1, 0.15) is 65.2 Å². The van der Waals surface area contributed by atoms with E-state index in [9.17, 15) is 4.79 Å². The van der Waals surface area contributed by atoms with Gasteiger partial charge in [-0.1, -0.05) is 18.6 Å². The molecule has 3 saturated carbocycles. The van der Waals surface area contributed by atoms with Gasteiger partial charge < -0.3 is 10.5 Å². The van der Waals surface area contributed by atoms with Crippen LogP contribution < -0.4 is 5.73 Å². The van der Waals surface area contributed by atoms with Gasteiger partial charge in [0, 0.05) is 12.0 Å². The lowest BCUT2D eigenvalue weighted by Gasteiger charge is -2.57. The van der Waals surface area contributed by atoms with E-state index in [1.807, 2.05) is 0 Å². The fourth-order valence-corrected chi connectivity index (χ4v) is 7.83. The summed E-state index contributed by atoms with van der Waals surface area (Å²) in [6.07, 6.45) is 12.0. The van der Waals surface area contributed by atoms with Crippen LogP contribution in [-0.2, 0) is 9.53 Å². The molecule has 2 N–H and O–H groups in total. The number of rotatable bonds is 0. The summed E-state index contributed by atoms with van der Waals surface area (Å²) in [4.78, 5) is 12.8. The van der Waals surface area contributed by atoms with Crippen molar-refractivity contribution in [3.05, 3.63) is 11.6 Å². The highest BCUT2D eigenvalue weighted by Crippen LogP contribution is 2.68. The minimum atomic E-state index is -0.132. The molecule has 1 spiro atoms. The number of carbonyl (C=O) groups excluding carboxylic acids is 1. The summed E-state index contributed by atoms with van der Waals surface area (Å²) in [5, 5.41) is 0. The van der Waals surface area contributed by atoms with Crippen LogP contribution >= 0.6 is 0 Å². The Morgan fingerprint density at radius 1 is 1.12 bits per heavy atom. The Morgan fingerprint density at radius 2 is 1.92 bits per heavy atom. The van der Waals surface area contributed by atoms with E-state index in [4.69, 9.17) is 10.5 Å². The van der Waals surface area contributed by atoms with Gasteiger partial charge in [0.05, 0.1) is 5.41 Å². The predicted molar refractivity (Wildman–Crippen MR) is 93.0 cm³/mol. The van der Waals surface area contributed by atoms with Crippen molar-refractivity contribution in [2.75, 3.05) is 0 Å². The van der Waals surface area contributed by atoms with Crippen LogP contribution in [0.5, 0.6) is 0 Å². The fourth-order valence-electron chi connectivity index (χ4n) is 7.83. The zero-order valence-corrected chi connectivity index (χ0v) is 15.1. The molecular formula is C21H31NO2. The third kappa shape index (κ3) is 1.70. The molecule has 8 atom stereocenters. The molecule has 5 rings (SSSR count). The number of hydrogen-bond acceptors (Lipinski definition) is 3. The second kappa shape index (κ2) is 4.87. The van der Waals surface area contributed by atoms with Crippen LogP contribution in [0, 0.1) is 34.5 Å². The SMILES string of the molecule is CC1OC(=O)[C@]23CC[C@H]4[C@@H](CC=C5C[C@H](N)CC[C@@]54C)[C@@H]2CC[C@H]13. The van der Waals surface area contributed by atoms with E-state index in [-0.39, 0.29) is 17.5 Å². The predicted octanol–water partition coefficient (Wildman–Crippen LogP) is 3.82. The van der Waals surface area contributed by atoms with Crippen LogP contribution in [0.25, 0.3) is 0 Å². The molecule has 5 aliphatic rings. The van der Waals surface area contributed by atoms with Crippen LogP contribution in [0.2, 0.25) is 0 Å². The summed E-state index contributed by atoms with van der Waals surface area (Å²) in [7, 11) is 0. The minimum absolute atomic E-state index is 0.132. The molecule has 0 amide bonds. The first kappa shape index (κ1) is 15.4. The van der Waals surface area contributed by atoms with Crippen LogP contribution in [-0.4, -0.2) is 18.1 Å². The lowest BCUT2D eigenvalue weighted by Crippen LogP contribution is -2.53. The van der Waals surface area contributed by atoms with Crippen LogP contribution in [0.3, 0.4) is 0 Å². The molecule has 132 valence electrons. The van der Waals surface area contributed by atoms with Gasteiger partial charge in [-0.2, -0.15) is 0 Å². The quantitative estimate of drug-likeness (QED) is 0.543. The molecule has 1 unspecified atom stereocenters. The minimum Gasteiger partial charge on any atom is -0.462 e. The zero-order valence-electron chi connectivity index (χ0n) is 15.1. The van der Waals surface area contributed by atoms with Crippen molar-refractivity contribution in [3.8, 4) is 0 Å². The van der Waals surface area contributed by atoms with Crippen molar-refractivity contribution in [1.29, 1.82) is 0 Å². The standard InChI is InChI=1S/C21H31NO2/c1-12-16-5-6-18-15-4-3-13-11-14(22)7-9-20(13,2)17(15)8-10-21(16,18)19(23)24-12/h3,12,14-18H,4-11,22H2,1-2H3/t12?,14-,15-,16-,17+,18+,20+,21+/m1/s1. The third-order valence-corrected chi connectivity index (χ3v) is 8.96. The number of allylic oxidation sites excluding steroid dienone is 1. The Balaban J connectivity index is 1.52. The highest BCUT2D eigenvalue weighted by molar-refractivity contribution is 5.81. The summed E-state index contributed by atoms with van der Waals surface area (Å²) in [5.41, 5.74) is 8.10. The molecule has 0 radical (unpaired) electrons. The molecule has 3 heteroatoms. The lowest BCUT2D eigenvalue weighted by molar-refractivity contribution is -0.156. The molecule has 1 aliphatic heterocycles. The van der Waals surface area contributed by atoms with Crippen molar-refractivity contribution in [1.82, 2.24) is 0 Å². The number of hydrogen-bond donors (Lipinski definition) is 1. The van der Waals surface area contributed by atoms with Gasteiger partial charge in [-0.25, -0.2) is 0 Å². The largest absolute Gasteiger partial charge is 0.462 e. The monoisotopic (exact) mass is 329 g/mol. The van der Waals surface area contributed by atoms with Crippen LogP contribution in [0.4, 0.5) is 0 Å². The Kier molecular flexibility index (Phi) is 3.13. The number of cyclic esters (lactones) is 1. The van der Waals surface area contributed by atoms with Crippen LogP contribution in [0.15, 0.2) is 11.6 Å². The number of carbonyl (C=O) groups is 1. The third-order valence-electron chi connectivity index (χ3n) is 8.96. The molecule has 0 bridgehead atoms. The zero-order chi connectivity index (χ0) is 16.7. The Morgan fingerprint density at radius 3 is 2.75 bits per heavy atom. The fraction of sp³-hybridized carbons (Fsp3) is 0.857. The molecule has 4 fully saturated rings. The van der Waals surface area contributed by atoms with Crippen molar-refractivity contribution < 1.29 is 9.53 Å². The number of ether oxygens (including phenoxy) is 1. The van der Waals surface area contributed by atoms with Gasteiger partial charge in [-0.15, -0.1) is 0 Å². The number of nitrogens with two attached hydrogens (primary N) is 1. The molecule has 0 aromatic carbocycles. The first-order valence-corrected chi connectivity index (χ1v) is 10.1. The molecule has 3 nitrogen and oxygen atoms in total. The summed E-state index contributed by atoms with van der Waals surface area (Å²) in [5.74, 6) is 2.62. The van der Waals surface area contributed by atoms with E-state index in [1.54, 1.807) is 5.57 Å². The maximum absolute atomic E-state index is 12.8. The second-order valence-electron chi connectivity index (χ2n) is 9.64. The molecule has 1 heterocycles. The van der Waals surface area contributed by atoms with Crippen molar-refractivity contribution in [3.63, 3.8) is 0 Å². The van der Waals surface area contributed by atoms with E-state index in [2.05, 4.69) is 19.9 Å². The molecule has 4 aliphatic carbocycles. The second-order valence-corrected chi connectivity index (χ2v) is 9.64. The molecular weight excluding hydrogens is 298 g/mol. The number of fused-ring (bicyclic) bond motifs is 4. The van der Waals surface area contributed by atoms with E-state index < -0.39 is 0 Å². The maximum atomic E-state index is 12.8. The van der Waals surface area contributed by atoms with E-state index >= 15 is 0 Å². The molecule has 24 heavy (non-hydrogen) atoms. The first-order chi connectivity index (χ1) is 11.5. The Bertz CT molecular complexity index is 613. The normalized spacial score (nSPS) is 55.8. The first-order valence-electron chi connectivity index (χ1n) is 10.1. The summed E-state index contributed by atoms with van der Waals surface area (Å²) in [6.45, 7) is 4.62. The van der Waals surface area contributed by atoms with Gasteiger partial charge in [0.2, 0.25) is 0 Å². The smallest absolute Gasteiger partial charge is 0.313 e. The average Bonchev–Trinajstić information content (AvgIpc) is 3.05. The van der Waals surface area contributed by atoms with Gasteiger partial charge >= 0.3 is 5.97 Å². The molecule has 0 aromatic heterocycles. The maximum Gasteiger partial charge on any atom is 0.313 e. The van der Waals surface area contributed by atoms with E-state index in [0.29, 0.717) is 29.2 Å². The summed E-state index contributed by atoms with van der Waals surface area (Å²) >= 11 is 0. The number of esters is 1. The lowest BCUT2D eigenvalue weighted by atomic mass is 9.47. The van der Waals surface area contributed by atoms with E-state index in [0.717, 1.165) is 25.2 Å². The van der Waals surface area contributed by atoms with E-state index in [1.165, 1.54) is 32.1 Å².